The molecule has 0 aromatic heterocycles. The number of halogens is 1. The standard InChI is InChI=1S/C23H16FN5O10S2/c1-12-2-6-18(16-9-14(40(34,35)36)4-5-15(12)16)26-27-19-7-3-13(8-23(19)41(37,38)39)25-20-10-17(24)21(28(30)31)11-22(20)29(32)33/h2-11,25H,1H3,(H,34,35,36)(H,37,38,39). The summed E-state index contributed by atoms with van der Waals surface area (Å²) in [7, 11) is -9.54. The van der Waals surface area contributed by atoms with Crippen LogP contribution in [0.3, 0.4) is 0 Å². The SMILES string of the molecule is Cc1ccc(N=Nc2ccc(Nc3cc(F)c([N+](=O)[O-])cc3[N+](=O)[O-])cc2S(=O)(=O)O)c2cc(S(=O)(=O)O)ccc12. The number of anilines is 2. The minimum atomic E-state index is -4.98. The second kappa shape index (κ2) is 10.6. The van der Waals surface area contributed by atoms with E-state index < -0.39 is 68.4 Å². The Balaban J connectivity index is 1.79. The molecular weight excluding hydrogens is 589 g/mol. The van der Waals surface area contributed by atoms with Gasteiger partial charge in [-0.05, 0) is 54.3 Å². The first-order chi connectivity index (χ1) is 19.1. The fourth-order valence-corrected chi connectivity index (χ4v) is 4.95. The van der Waals surface area contributed by atoms with Crippen LogP contribution < -0.4 is 5.32 Å². The molecule has 4 aromatic carbocycles. The molecule has 4 rings (SSSR count). The Morgan fingerprint density at radius 3 is 2.02 bits per heavy atom. The van der Waals surface area contributed by atoms with Gasteiger partial charge in [0, 0.05) is 17.1 Å². The van der Waals surface area contributed by atoms with Crippen LogP contribution in [0, 0.1) is 33.0 Å². The summed E-state index contributed by atoms with van der Waals surface area (Å²) in [6, 6.07) is 10.8. The fourth-order valence-electron chi connectivity index (χ4n) is 3.80. The summed E-state index contributed by atoms with van der Waals surface area (Å²) in [5.74, 6) is -1.40. The Bertz CT molecular complexity index is 2020. The van der Waals surface area contributed by atoms with Crippen molar-refractivity contribution in [3.8, 4) is 0 Å². The maximum absolute atomic E-state index is 14.2. The molecule has 0 radical (unpaired) electrons. The van der Waals surface area contributed by atoms with E-state index in [0.29, 0.717) is 17.5 Å². The van der Waals surface area contributed by atoms with Gasteiger partial charge in [0.15, 0.2) is 0 Å². The lowest BCUT2D eigenvalue weighted by molar-refractivity contribution is -0.395. The van der Waals surface area contributed by atoms with Gasteiger partial charge in [0.05, 0.1) is 26.5 Å². The number of azo groups is 1. The Morgan fingerprint density at radius 2 is 1.41 bits per heavy atom. The average molecular weight is 606 g/mol. The Labute approximate surface area is 229 Å². The van der Waals surface area contributed by atoms with Crippen LogP contribution in [0.5, 0.6) is 0 Å². The maximum atomic E-state index is 14.2. The number of nitro groups is 2. The van der Waals surface area contributed by atoms with Crippen LogP contribution in [-0.2, 0) is 20.2 Å². The zero-order valence-electron chi connectivity index (χ0n) is 20.4. The molecule has 18 heteroatoms. The molecule has 0 saturated heterocycles. The lowest BCUT2D eigenvalue weighted by Gasteiger charge is -2.10. The number of hydrogen-bond acceptors (Lipinski definition) is 11. The van der Waals surface area contributed by atoms with E-state index in [0.717, 1.165) is 29.8 Å². The van der Waals surface area contributed by atoms with Gasteiger partial charge in [0.2, 0.25) is 5.82 Å². The molecule has 41 heavy (non-hydrogen) atoms. The fraction of sp³-hybridized carbons (Fsp3) is 0.0435. The van der Waals surface area contributed by atoms with E-state index >= 15 is 0 Å². The summed E-state index contributed by atoms with van der Waals surface area (Å²) in [5, 5.41) is 33.4. The number of rotatable bonds is 8. The Kier molecular flexibility index (Phi) is 7.50. The van der Waals surface area contributed by atoms with Gasteiger partial charge in [-0.2, -0.15) is 21.2 Å². The van der Waals surface area contributed by atoms with Gasteiger partial charge in [0.25, 0.3) is 25.9 Å². The summed E-state index contributed by atoms with van der Waals surface area (Å²) in [6.07, 6.45) is 0. The summed E-state index contributed by atoms with van der Waals surface area (Å²) < 4.78 is 80.8. The van der Waals surface area contributed by atoms with Crippen LogP contribution in [0.1, 0.15) is 5.56 Å². The number of hydrogen-bond donors (Lipinski definition) is 3. The Hall–Kier alpha value is -4.91. The van der Waals surface area contributed by atoms with Crippen LogP contribution in [0.25, 0.3) is 10.8 Å². The highest BCUT2D eigenvalue weighted by molar-refractivity contribution is 7.86. The van der Waals surface area contributed by atoms with E-state index in [-0.39, 0.29) is 16.8 Å². The highest BCUT2D eigenvalue weighted by Gasteiger charge is 2.26. The second-order valence-corrected chi connectivity index (χ2v) is 11.2. The van der Waals surface area contributed by atoms with Gasteiger partial charge in [-0.25, -0.2) is 0 Å². The first kappa shape index (κ1) is 29.1. The number of nitro benzene ring substituents is 2. The van der Waals surface area contributed by atoms with Crippen molar-refractivity contribution in [1.82, 2.24) is 0 Å². The van der Waals surface area contributed by atoms with Gasteiger partial charge < -0.3 is 5.32 Å². The third-order valence-corrected chi connectivity index (χ3v) is 7.45. The van der Waals surface area contributed by atoms with Crippen LogP contribution in [-0.4, -0.2) is 35.8 Å². The molecule has 0 unspecified atom stereocenters. The molecule has 0 spiro atoms. The lowest BCUT2D eigenvalue weighted by Crippen LogP contribution is -2.03. The van der Waals surface area contributed by atoms with Crippen LogP contribution in [0.4, 0.5) is 38.5 Å². The molecule has 0 aliphatic heterocycles. The summed E-state index contributed by atoms with van der Waals surface area (Å²) in [4.78, 5) is 18.9. The highest BCUT2D eigenvalue weighted by Crippen LogP contribution is 2.37. The molecule has 4 aromatic rings. The van der Waals surface area contributed by atoms with Crippen molar-refractivity contribution >= 4 is 65.1 Å². The van der Waals surface area contributed by atoms with Crippen molar-refractivity contribution in [2.45, 2.75) is 16.7 Å². The van der Waals surface area contributed by atoms with Gasteiger partial charge >= 0.3 is 5.69 Å². The first-order valence-electron chi connectivity index (χ1n) is 11.0. The summed E-state index contributed by atoms with van der Waals surface area (Å²) in [5.41, 5.74) is -2.37. The molecule has 0 heterocycles. The molecule has 0 saturated carbocycles. The zero-order valence-corrected chi connectivity index (χ0v) is 22.1. The molecule has 0 atom stereocenters. The van der Waals surface area contributed by atoms with Gasteiger partial charge in [-0.3, -0.25) is 29.3 Å². The quantitative estimate of drug-likeness (QED) is 0.0945. The minimum Gasteiger partial charge on any atom is -0.350 e. The van der Waals surface area contributed by atoms with Gasteiger partial charge in [-0.1, -0.05) is 12.1 Å². The van der Waals surface area contributed by atoms with Crippen LogP contribution in [0.2, 0.25) is 0 Å². The van der Waals surface area contributed by atoms with Crippen LogP contribution in [0.15, 0.2) is 80.7 Å². The molecule has 0 aliphatic rings. The van der Waals surface area contributed by atoms with E-state index in [1.807, 2.05) is 0 Å². The smallest absolute Gasteiger partial charge is 0.311 e. The van der Waals surface area contributed by atoms with Crippen molar-refractivity contribution in [2.75, 3.05) is 5.32 Å². The normalized spacial score (nSPS) is 12.1. The van der Waals surface area contributed by atoms with Gasteiger partial charge in [0.1, 0.15) is 16.3 Å². The van der Waals surface area contributed by atoms with Crippen LogP contribution >= 0.6 is 0 Å². The largest absolute Gasteiger partial charge is 0.350 e. The molecule has 3 N–H and O–H groups in total. The third kappa shape index (κ3) is 6.14. The third-order valence-electron chi connectivity index (χ3n) is 5.72. The van der Waals surface area contributed by atoms with E-state index in [1.165, 1.54) is 18.2 Å². The lowest BCUT2D eigenvalue weighted by atomic mass is 10.0. The predicted molar refractivity (Wildman–Crippen MR) is 142 cm³/mol. The molecule has 0 bridgehead atoms. The van der Waals surface area contributed by atoms with Crippen molar-refractivity contribution in [1.29, 1.82) is 0 Å². The molecule has 15 nitrogen and oxygen atoms in total. The predicted octanol–water partition coefficient (Wildman–Crippen LogP) is 5.76. The van der Waals surface area contributed by atoms with E-state index in [1.54, 1.807) is 13.0 Å². The number of nitrogens with one attached hydrogen (secondary N) is 1. The van der Waals surface area contributed by atoms with Gasteiger partial charge in [-0.15, -0.1) is 10.2 Å². The topological polar surface area (TPSA) is 232 Å². The number of nitrogens with zero attached hydrogens (tertiary/aromatic N) is 4. The highest BCUT2D eigenvalue weighted by atomic mass is 32.2. The molecular formula is C23H16FN5O10S2. The number of fused-ring (bicyclic) bond motifs is 1. The van der Waals surface area contributed by atoms with E-state index in [4.69, 9.17) is 0 Å². The van der Waals surface area contributed by atoms with E-state index in [2.05, 4.69) is 15.5 Å². The average Bonchev–Trinajstić information content (AvgIpc) is 2.87. The minimum absolute atomic E-state index is 0.0802. The summed E-state index contributed by atoms with van der Waals surface area (Å²) >= 11 is 0. The summed E-state index contributed by atoms with van der Waals surface area (Å²) in [6.45, 7) is 1.74. The van der Waals surface area contributed by atoms with Crippen molar-refractivity contribution in [2.24, 2.45) is 10.2 Å². The number of benzene rings is 4. The second-order valence-electron chi connectivity index (χ2n) is 8.40. The van der Waals surface area contributed by atoms with Crippen molar-refractivity contribution < 1.29 is 40.2 Å². The molecule has 212 valence electrons. The first-order valence-corrected chi connectivity index (χ1v) is 13.9. The zero-order chi connectivity index (χ0) is 30.3. The molecule has 0 amide bonds. The van der Waals surface area contributed by atoms with Crippen molar-refractivity contribution in [3.05, 3.63) is 92.3 Å². The maximum Gasteiger partial charge on any atom is 0.311 e. The van der Waals surface area contributed by atoms with Crippen molar-refractivity contribution in [3.63, 3.8) is 0 Å². The van der Waals surface area contributed by atoms with E-state index in [9.17, 15) is 50.6 Å². The molecule has 0 fully saturated rings. The monoisotopic (exact) mass is 605 g/mol. The Morgan fingerprint density at radius 1 is 0.780 bits per heavy atom. The molecule has 0 aliphatic carbocycles. The number of aryl methyl sites for hydroxylation is 1.